The minimum absolute atomic E-state index is 0.0203. The molecule has 1 amide bonds. The molecule has 0 spiro atoms. The van der Waals surface area contributed by atoms with E-state index < -0.39 is 10.0 Å². The van der Waals surface area contributed by atoms with Gasteiger partial charge in [0.25, 0.3) is 15.9 Å². The molecule has 3 aromatic carbocycles. The lowest BCUT2D eigenvalue weighted by molar-refractivity contribution is 0.102. The summed E-state index contributed by atoms with van der Waals surface area (Å²) in [6.45, 7) is 0. The van der Waals surface area contributed by atoms with Crippen LogP contribution >= 0.6 is 0 Å². The quantitative estimate of drug-likeness (QED) is 0.665. The van der Waals surface area contributed by atoms with Gasteiger partial charge in [0, 0.05) is 36.7 Å². The Kier molecular flexibility index (Phi) is 5.65. The molecule has 0 aromatic heterocycles. The van der Waals surface area contributed by atoms with Crippen molar-refractivity contribution >= 4 is 33.0 Å². The van der Waals surface area contributed by atoms with Crippen LogP contribution in [0.25, 0.3) is 0 Å². The Labute approximate surface area is 164 Å². The molecule has 0 saturated heterocycles. The van der Waals surface area contributed by atoms with Crippen LogP contribution in [0.15, 0.2) is 83.8 Å². The Bertz CT molecular complexity index is 1060. The largest absolute Gasteiger partial charge is 0.378 e. The number of amides is 1. The molecule has 7 heteroatoms. The summed E-state index contributed by atoms with van der Waals surface area (Å²) < 4.78 is 27.7. The van der Waals surface area contributed by atoms with Gasteiger partial charge in [-0.2, -0.15) is 0 Å². The Morgan fingerprint density at radius 1 is 0.821 bits per heavy atom. The van der Waals surface area contributed by atoms with Crippen molar-refractivity contribution in [2.75, 3.05) is 29.0 Å². The average Bonchev–Trinajstić information content (AvgIpc) is 2.69. The summed E-state index contributed by atoms with van der Waals surface area (Å²) in [6, 6.07) is 21.9. The Morgan fingerprint density at radius 3 is 2.14 bits per heavy atom. The van der Waals surface area contributed by atoms with E-state index in [1.165, 1.54) is 12.1 Å². The lowest BCUT2D eigenvalue weighted by Gasteiger charge is -2.13. The van der Waals surface area contributed by atoms with E-state index in [0.717, 1.165) is 5.69 Å². The van der Waals surface area contributed by atoms with Gasteiger partial charge in [0.15, 0.2) is 0 Å². The molecule has 2 N–H and O–H groups in total. The fourth-order valence-corrected chi connectivity index (χ4v) is 3.68. The minimum Gasteiger partial charge on any atom is -0.378 e. The Morgan fingerprint density at radius 2 is 1.50 bits per heavy atom. The van der Waals surface area contributed by atoms with Crippen molar-refractivity contribution in [2.24, 2.45) is 0 Å². The molecule has 0 bridgehead atoms. The first-order chi connectivity index (χ1) is 13.3. The zero-order chi connectivity index (χ0) is 20.1. The number of hydrogen-bond donors (Lipinski definition) is 2. The third-order valence-electron chi connectivity index (χ3n) is 4.07. The predicted octanol–water partition coefficient (Wildman–Crippen LogP) is 3.81. The Balaban J connectivity index is 1.77. The van der Waals surface area contributed by atoms with Gasteiger partial charge < -0.3 is 10.2 Å². The number of nitrogens with zero attached hydrogens (tertiary/aromatic N) is 1. The van der Waals surface area contributed by atoms with Crippen LogP contribution in [0.2, 0.25) is 0 Å². The first kappa shape index (κ1) is 19.4. The summed E-state index contributed by atoms with van der Waals surface area (Å²) >= 11 is 0. The second-order valence-electron chi connectivity index (χ2n) is 6.39. The van der Waals surface area contributed by atoms with Crippen molar-refractivity contribution < 1.29 is 13.2 Å². The van der Waals surface area contributed by atoms with Crippen molar-refractivity contribution in [1.82, 2.24) is 0 Å². The first-order valence-corrected chi connectivity index (χ1v) is 10.1. The highest BCUT2D eigenvalue weighted by atomic mass is 32.2. The van der Waals surface area contributed by atoms with Crippen LogP contribution in [0.5, 0.6) is 0 Å². The van der Waals surface area contributed by atoms with E-state index in [1.807, 2.05) is 31.1 Å². The van der Waals surface area contributed by atoms with E-state index in [9.17, 15) is 13.2 Å². The second kappa shape index (κ2) is 8.14. The first-order valence-electron chi connectivity index (χ1n) is 8.62. The fourth-order valence-electron chi connectivity index (χ4n) is 2.57. The molecule has 0 atom stereocenters. The molecule has 144 valence electrons. The molecule has 28 heavy (non-hydrogen) atoms. The summed E-state index contributed by atoms with van der Waals surface area (Å²) in [5.41, 5.74) is 2.36. The van der Waals surface area contributed by atoms with Crippen LogP contribution in [0.3, 0.4) is 0 Å². The van der Waals surface area contributed by atoms with Crippen LogP contribution in [0, 0.1) is 0 Å². The van der Waals surface area contributed by atoms with Crippen molar-refractivity contribution in [1.29, 1.82) is 0 Å². The van der Waals surface area contributed by atoms with Crippen LogP contribution < -0.4 is 14.9 Å². The number of carbonyl (C=O) groups excluding carboxylic acids is 1. The van der Waals surface area contributed by atoms with Crippen molar-refractivity contribution in [2.45, 2.75) is 4.90 Å². The number of nitrogens with one attached hydrogen (secondary N) is 2. The molecule has 0 fully saturated rings. The second-order valence-corrected chi connectivity index (χ2v) is 8.08. The smallest absolute Gasteiger partial charge is 0.261 e. The van der Waals surface area contributed by atoms with Crippen molar-refractivity contribution in [3.8, 4) is 0 Å². The van der Waals surface area contributed by atoms with Gasteiger partial charge in [-0.1, -0.05) is 24.3 Å². The van der Waals surface area contributed by atoms with Gasteiger partial charge in [0.05, 0.1) is 4.90 Å². The summed E-state index contributed by atoms with van der Waals surface area (Å²) in [4.78, 5) is 14.5. The molecular weight excluding hydrogens is 374 g/mol. The van der Waals surface area contributed by atoms with Crippen LogP contribution in [0.4, 0.5) is 17.1 Å². The van der Waals surface area contributed by atoms with Gasteiger partial charge in [0.1, 0.15) is 0 Å². The zero-order valence-electron chi connectivity index (χ0n) is 15.6. The average molecular weight is 395 g/mol. The van der Waals surface area contributed by atoms with Crippen LogP contribution in [-0.4, -0.2) is 28.4 Å². The molecular formula is C21H21N3O3S. The number of rotatable bonds is 6. The fraction of sp³-hybridized carbons (Fsp3) is 0.0952. The highest BCUT2D eigenvalue weighted by Gasteiger charge is 2.16. The van der Waals surface area contributed by atoms with Crippen LogP contribution in [0.1, 0.15) is 10.4 Å². The topological polar surface area (TPSA) is 78.5 Å². The molecule has 0 heterocycles. The summed E-state index contributed by atoms with van der Waals surface area (Å²) in [7, 11) is 0.0742. The SMILES string of the molecule is CN(C)c1ccc(NC(=O)c2cccc(S(=O)(=O)Nc3ccccc3)c2)cc1. The molecule has 0 saturated carbocycles. The number of hydrogen-bond acceptors (Lipinski definition) is 4. The van der Waals surface area contributed by atoms with Gasteiger partial charge in [0.2, 0.25) is 0 Å². The highest BCUT2D eigenvalue weighted by molar-refractivity contribution is 7.92. The van der Waals surface area contributed by atoms with Crippen LogP contribution in [-0.2, 0) is 10.0 Å². The van der Waals surface area contributed by atoms with Gasteiger partial charge in [-0.15, -0.1) is 0 Å². The maximum absolute atomic E-state index is 12.6. The van der Waals surface area contributed by atoms with Crippen molar-refractivity contribution in [3.05, 3.63) is 84.4 Å². The molecule has 3 aromatic rings. The molecule has 0 aliphatic carbocycles. The number of anilines is 3. The zero-order valence-corrected chi connectivity index (χ0v) is 16.4. The highest BCUT2D eigenvalue weighted by Crippen LogP contribution is 2.19. The molecule has 6 nitrogen and oxygen atoms in total. The third-order valence-corrected chi connectivity index (χ3v) is 5.45. The summed E-state index contributed by atoms with van der Waals surface area (Å²) in [5.74, 6) is -0.380. The number of para-hydroxylation sites is 1. The molecule has 0 unspecified atom stereocenters. The normalized spacial score (nSPS) is 10.9. The van der Waals surface area contributed by atoms with E-state index in [-0.39, 0.29) is 16.4 Å². The maximum Gasteiger partial charge on any atom is 0.261 e. The van der Waals surface area contributed by atoms with E-state index >= 15 is 0 Å². The Hall–Kier alpha value is -3.32. The van der Waals surface area contributed by atoms with E-state index in [2.05, 4.69) is 10.0 Å². The maximum atomic E-state index is 12.6. The minimum atomic E-state index is -3.79. The van der Waals surface area contributed by atoms with E-state index in [0.29, 0.717) is 11.4 Å². The van der Waals surface area contributed by atoms with Gasteiger partial charge in [-0.05, 0) is 54.6 Å². The number of carbonyl (C=O) groups is 1. The third kappa shape index (κ3) is 4.69. The summed E-state index contributed by atoms with van der Waals surface area (Å²) in [6.07, 6.45) is 0. The van der Waals surface area contributed by atoms with Crippen molar-refractivity contribution in [3.63, 3.8) is 0 Å². The van der Waals surface area contributed by atoms with E-state index in [4.69, 9.17) is 0 Å². The molecule has 0 aliphatic rings. The summed E-state index contributed by atoms with van der Waals surface area (Å²) in [5, 5.41) is 2.78. The number of benzene rings is 3. The lowest BCUT2D eigenvalue weighted by Crippen LogP contribution is -2.16. The predicted molar refractivity (Wildman–Crippen MR) is 112 cm³/mol. The lowest BCUT2D eigenvalue weighted by atomic mass is 10.2. The van der Waals surface area contributed by atoms with Gasteiger partial charge in [-0.25, -0.2) is 8.42 Å². The van der Waals surface area contributed by atoms with E-state index in [1.54, 1.807) is 54.6 Å². The van der Waals surface area contributed by atoms with Gasteiger partial charge >= 0.3 is 0 Å². The molecule has 3 rings (SSSR count). The standard InChI is InChI=1S/C21H21N3O3S/c1-24(2)19-13-11-17(12-14-19)22-21(25)16-7-6-10-20(15-16)28(26,27)23-18-8-4-3-5-9-18/h3-15,23H,1-2H3,(H,22,25). The number of sulfonamides is 1. The van der Waals surface area contributed by atoms with Gasteiger partial charge in [-0.3, -0.25) is 9.52 Å². The monoisotopic (exact) mass is 395 g/mol. The molecule has 0 aliphatic heterocycles. The molecule has 0 radical (unpaired) electrons.